The van der Waals surface area contributed by atoms with Gasteiger partial charge in [0, 0.05) is 12.6 Å². The second-order valence-corrected chi connectivity index (χ2v) is 4.34. The van der Waals surface area contributed by atoms with Crippen LogP contribution in [0.1, 0.15) is 26.0 Å². The number of aliphatic hydroxyl groups excluding tert-OH is 1. The number of anilines is 1. The van der Waals surface area contributed by atoms with E-state index in [2.05, 4.69) is 10.3 Å². The first-order valence-corrected chi connectivity index (χ1v) is 6.41. The predicted octanol–water partition coefficient (Wildman–Crippen LogP) is -0.154. The fourth-order valence-corrected chi connectivity index (χ4v) is 1.82. The minimum atomic E-state index is -0.726. The van der Waals surface area contributed by atoms with Gasteiger partial charge in [0.15, 0.2) is 12.5 Å². The monoisotopic (exact) mass is 283 g/mol. The van der Waals surface area contributed by atoms with Crippen LogP contribution in [-0.4, -0.2) is 40.1 Å². The molecular weight excluding hydrogens is 266 g/mol. The summed E-state index contributed by atoms with van der Waals surface area (Å²) in [6.45, 7) is 1.78. The Labute approximate surface area is 115 Å². The molecule has 0 bridgehead atoms. The number of nitrogens with one attached hydrogen (secondary N) is 1. The van der Waals surface area contributed by atoms with Crippen LogP contribution in [-0.2, 0) is 14.3 Å². The highest BCUT2D eigenvalue weighted by Crippen LogP contribution is 2.19. The molecule has 1 aliphatic rings. The molecule has 2 N–H and O–H groups in total. The molecule has 2 atom stereocenters. The van der Waals surface area contributed by atoms with Crippen LogP contribution < -0.4 is 11.0 Å². The number of carbonyl (C=O) groups excluding carboxylic acids is 1. The fourth-order valence-electron chi connectivity index (χ4n) is 1.82. The molecule has 0 aromatic carbocycles. The van der Waals surface area contributed by atoms with Crippen LogP contribution in [0.15, 0.2) is 17.1 Å². The summed E-state index contributed by atoms with van der Waals surface area (Å²) in [6.07, 6.45) is 1.23. The Hall–Kier alpha value is -1.77. The third-order valence-electron chi connectivity index (χ3n) is 2.77. The van der Waals surface area contributed by atoms with Crippen LogP contribution >= 0.6 is 0 Å². The maximum atomic E-state index is 11.9. The number of aliphatic hydroxyl groups is 1. The van der Waals surface area contributed by atoms with E-state index >= 15 is 0 Å². The van der Waals surface area contributed by atoms with Gasteiger partial charge >= 0.3 is 5.69 Å². The normalized spacial score (nSPS) is 21.9. The van der Waals surface area contributed by atoms with Gasteiger partial charge in [-0.05, 0) is 12.5 Å². The van der Waals surface area contributed by atoms with E-state index in [9.17, 15) is 9.59 Å². The molecule has 8 nitrogen and oxygen atoms in total. The molecule has 0 unspecified atom stereocenters. The zero-order chi connectivity index (χ0) is 14.5. The Morgan fingerprint density at radius 3 is 3.05 bits per heavy atom. The molecule has 0 saturated carbocycles. The van der Waals surface area contributed by atoms with Crippen LogP contribution in [0.5, 0.6) is 0 Å². The number of rotatable bonds is 5. The first-order chi connectivity index (χ1) is 9.63. The van der Waals surface area contributed by atoms with Crippen molar-refractivity contribution in [1.82, 2.24) is 9.55 Å². The van der Waals surface area contributed by atoms with E-state index in [1.54, 1.807) is 0 Å². The molecule has 1 aromatic rings. The van der Waals surface area contributed by atoms with Gasteiger partial charge in [0.1, 0.15) is 5.82 Å². The SMILES string of the molecule is CCCC(=O)Nc1ccn([C@@H]2CO[C@H](CO)O2)c(=O)n1. The van der Waals surface area contributed by atoms with Gasteiger partial charge in [0.05, 0.1) is 13.2 Å². The molecule has 1 aliphatic heterocycles. The van der Waals surface area contributed by atoms with Crippen molar-refractivity contribution in [2.24, 2.45) is 0 Å². The van der Waals surface area contributed by atoms with E-state index < -0.39 is 18.2 Å². The van der Waals surface area contributed by atoms with Crippen molar-refractivity contribution < 1.29 is 19.4 Å². The van der Waals surface area contributed by atoms with Gasteiger partial charge in [0.25, 0.3) is 0 Å². The Kier molecular flexibility index (Phi) is 4.83. The summed E-state index contributed by atoms with van der Waals surface area (Å²) >= 11 is 0. The van der Waals surface area contributed by atoms with Gasteiger partial charge in [-0.25, -0.2) is 4.79 Å². The van der Waals surface area contributed by atoms with E-state index in [1.807, 2.05) is 6.92 Å². The second kappa shape index (κ2) is 6.60. The fraction of sp³-hybridized carbons (Fsp3) is 0.583. The zero-order valence-electron chi connectivity index (χ0n) is 11.1. The van der Waals surface area contributed by atoms with E-state index in [0.717, 1.165) is 6.42 Å². The molecule has 8 heteroatoms. The molecular formula is C12H17N3O5. The third kappa shape index (κ3) is 3.41. The third-order valence-corrected chi connectivity index (χ3v) is 2.77. The Morgan fingerprint density at radius 1 is 1.65 bits per heavy atom. The second-order valence-electron chi connectivity index (χ2n) is 4.34. The highest BCUT2D eigenvalue weighted by molar-refractivity contribution is 5.89. The Balaban J connectivity index is 2.07. The Morgan fingerprint density at radius 2 is 2.45 bits per heavy atom. The molecule has 0 radical (unpaired) electrons. The standard InChI is InChI=1S/C12H17N3O5/c1-2-3-9(17)13-8-4-5-15(12(18)14-8)10-7-19-11(6-16)20-10/h4-5,10-11,16H,2-3,6-7H2,1H3,(H,13,14,17,18)/t10-,11-/m0/s1. The summed E-state index contributed by atoms with van der Waals surface area (Å²) in [6, 6.07) is 1.52. The topological polar surface area (TPSA) is 103 Å². The summed E-state index contributed by atoms with van der Waals surface area (Å²) in [7, 11) is 0. The van der Waals surface area contributed by atoms with Crippen LogP contribution in [0.3, 0.4) is 0 Å². The lowest BCUT2D eigenvalue weighted by Gasteiger charge is -2.12. The van der Waals surface area contributed by atoms with Gasteiger partial charge in [-0.3, -0.25) is 9.36 Å². The van der Waals surface area contributed by atoms with Gasteiger partial charge in [-0.1, -0.05) is 6.92 Å². The van der Waals surface area contributed by atoms with E-state index in [0.29, 0.717) is 6.42 Å². The predicted molar refractivity (Wildman–Crippen MR) is 69.0 cm³/mol. The van der Waals surface area contributed by atoms with Crippen molar-refractivity contribution >= 4 is 11.7 Å². The van der Waals surface area contributed by atoms with Crippen molar-refractivity contribution in [2.75, 3.05) is 18.5 Å². The first kappa shape index (κ1) is 14.6. The van der Waals surface area contributed by atoms with Crippen LogP contribution in [0.25, 0.3) is 0 Å². The van der Waals surface area contributed by atoms with E-state index in [-0.39, 0.29) is 24.9 Å². The van der Waals surface area contributed by atoms with Crippen molar-refractivity contribution in [1.29, 1.82) is 0 Å². The molecule has 110 valence electrons. The lowest BCUT2D eigenvalue weighted by atomic mass is 10.3. The number of carbonyl (C=O) groups is 1. The Bertz CT molecular complexity index is 530. The number of aromatic nitrogens is 2. The quantitative estimate of drug-likeness (QED) is 0.778. The maximum Gasteiger partial charge on any atom is 0.351 e. The van der Waals surface area contributed by atoms with Crippen molar-refractivity contribution in [3.8, 4) is 0 Å². The molecule has 1 aromatic heterocycles. The maximum absolute atomic E-state index is 11.9. The largest absolute Gasteiger partial charge is 0.391 e. The molecule has 1 amide bonds. The molecule has 2 heterocycles. The molecule has 1 fully saturated rings. The molecule has 0 aliphatic carbocycles. The van der Waals surface area contributed by atoms with Crippen LogP contribution in [0.2, 0.25) is 0 Å². The molecule has 1 saturated heterocycles. The summed E-state index contributed by atoms with van der Waals surface area (Å²) in [5.74, 6) is 0.0280. The number of nitrogens with zero attached hydrogens (tertiary/aromatic N) is 2. The molecule has 20 heavy (non-hydrogen) atoms. The van der Waals surface area contributed by atoms with Crippen LogP contribution in [0.4, 0.5) is 5.82 Å². The van der Waals surface area contributed by atoms with Crippen molar-refractivity contribution in [2.45, 2.75) is 32.3 Å². The van der Waals surface area contributed by atoms with E-state index in [4.69, 9.17) is 14.6 Å². The lowest BCUT2D eigenvalue weighted by molar-refractivity contribution is -0.116. The van der Waals surface area contributed by atoms with Crippen molar-refractivity contribution in [3.05, 3.63) is 22.7 Å². The van der Waals surface area contributed by atoms with Crippen molar-refractivity contribution in [3.63, 3.8) is 0 Å². The average molecular weight is 283 g/mol. The highest BCUT2D eigenvalue weighted by atomic mass is 16.7. The summed E-state index contributed by atoms with van der Waals surface area (Å²) in [4.78, 5) is 27.0. The van der Waals surface area contributed by atoms with Gasteiger partial charge in [0.2, 0.25) is 5.91 Å². The van der Waals surface area contributed by atoms with Gasteiger partial charge in [-0.15, -0.1) is 0 Å². The minimum absolute atomic E-state index is 0.161. The molecule has 2 rings (SSSR count). The smallest absolute Gasteiger partial charge is 0.351 e. The summed E-state index contributed by atoms with van der Waals surface area (Å²) in [5.41, 5.74) is -0.550. The average Bonchev–Trinajstić information content (AvgIpc) is 2.87. The summed E-state index contributed by atoms with van der Waals surface area (Å²) in [5, 5.41) is 11.4. The number of hydrogen-bond acceptors (Lipinski definition) is 6. The number of amides is 1. The number of hydrogen-bond donors (Lipinski definition) is 2. The molecule has 0 spiro atoms. The zero-order valence-corrected chi connectivity index (χ0v) is 11.1. The van der Waals surface area contributed by atoms with Gasteiger partial charge in [-0.2, -0.15) is 4.98 Å². The highest BCUT2D eigenvalue weighted by Gasteiger charge is 2.27. The van der Waals surface area contributed by atoms with Crippen LogP contribution in [0, 0.1) is 0 Å². The number of ether oxygens (including phenoxy) is 2. The minimum Gasteiger partial charge on any atom is -0.391 e. The van der Waals surface area contributed by atoms with Gasteiger partial charge < -0.3 is 19.9 Å². The first-order valence-electron chi connectivity index (χ1n) is 6.41. The summed E-state index contributed by atoms with van der Waals surface area (Å²) < 4.78 is 11.7. The van der Waals surface area contributed by atoms with E-state index in [1.165, 1.54) is 16.8 Å². The lowest BCUT2D eigenvalue weighted by Crippen LogP contribution is -2.29.